The quantitative estimate of drug-likeness (QED) is 0.595. The standard InChI is InChI=1S/C25H24FN5O/c1-4-21(32)31-14-25(15-31)9-10-30(13-25)20-8-7-19(26)23(18(20)11-27)22-16(2)5-6-17-12-28-29(3)24(17)22/h4-8,12H,1,9-10,13-15H2,2-3H3. The fourth-order valence-electron chi connectivity index (χ4n) is 5.32. The van der Waals surface area contributed by atoms with Crippen molar-refractivity contribution < 1.29 is 9.18 Å². The van der Waals surface area contributed by atoms with E-state index >= 15 is 4.39 Å². The molecule has 32 heavy (non-hydrogen) atoms. The van der Waals surface area contributed by atoms with Crippen LogP contribution in [0.25, 0.3) is 22.0 Å². The highest BCUT2D eigenvalue weighted by Gasteiger charge is 2.49. The third-order valence-electron chi connectivity index (χ3n) is 6.92. The van der Waals surface area contributed by atoms with E-state index in [4.69, 9.17) is 0 Å². The Kier molecular flexibility index (Phi) is 4.55. The molecule has 2 aromatic carbocycles. The number of fused-ring (bicyclic) bond motifs is 1. The van der Waals surface area contributed by atoms with Gasteiger partial charge in [-0.3, -0.25) is 9.48 Å². The average molecular weight is 429 g/mol. The van der Waals surface area contributed by atoms with E-state index in [1.165, 1.54) is 12.1 Å². The number of rotatable bonds is 3. The molecule has 0 bridgehead atoms. The summed E-state index contributed by atoms with van der Waals surface area (Å²) in [5.74, 6) is -0.460. The van der Waals surface area contributed by atoms with Gasteiger partial charge in [0.2, 0.25) is 5.91 Å². The zero-order chi connectivity index (χ0) is 22.6. The summed E-state index contributed by atoms with van der Waals surface area (Å²) in [5, 5.41) is 15.4. The first-order valence-electron chi connectivity index (χ1n) is 10.7. The molecule has 0 saturated carbocycles. The van der Waals surface area contributed by atoms with Crippen LogP contribution < -0.4 is 4.90 Å². The van der Waals surface area contributed by atoms with Gasteiger partial charge in [-0.05, 0) is 37.1 Å². The van der Waals surface area contributed by atoms with Crippen LogP contribution in [0.2, 0.25) is 0 Å². The summed E-state index contributed by atoms with van der Waals surface area (Å²) >= 11 is 0. The molecule has 6 nitrogen and oxygen atoms in total. The lowest BCUT2D eigenvalue weighted by Gasteiger charge is -2.47. The number of amides is 1. The minimum atomic E-state index is -0.414. The van der Waals surface area contributed by atoms with Crippen molar-refractivity contribution >= 4 is 22.5 Å². The Morgan fingerprint density at radius 2 is 2.03 bits per heavy atom. The van der Waals surface area contributed by atoms with E-state index in [1.54, 1.807) is 21.8 Å². The van der Waals surface area contributed by atoms with Gasteiger partial charge < -0.3 is 9.80 Å². The normalized spacial score (nSPS) is 16.9. The molecule has 3 heterocycles. The van der Waals surface area contributed by atoms with E-state index in [2.05, 4.69) is 22.6 Å². The first-order valence-corrected chi connectivity index (χ1v) is 10.7. The van der Waals surface area contributed by atoms with Crippen molar-refractivity contribution in [3.05, 3.63) is 60.1 Å². The monoisotopic (exact) mass is 429 g/mol. The number of carbonyl (C=O) groups excluding carboxylic acids is 1. The van der Waals surface area contributed by atoms with Gasteiger partial charge in [0.15, 0.2) is 0 Å². The summed E-state index contributed by atoms with van der Waals surface area (Å²) in [7, 11) is 1.83. The fraction of sp³-hybridized carbons (Fsp3) is 0.320. The molecule has 0 atom stereocenters. The fourth-order valence-corrected chi connectivity index (χ4v) is 5.32. The molecule has 0 unspecified atom stereocenters. The van der Waals surface area contributed by atoms with Crippen LogP contribution in [0.5, 0.6) is 0 Å². The maximum Gasteiger partial charge on any atom is 0.245 e. The lowest BCUT2D eigenvalue weighted by Crippen LogP contribution is -2.59. The van der Waals surface area contributed by atoms with Gasteiger partial charge in [0, 0.05) is 55.2 Å². The molecule has 1 spiro atoms. The van der Waals surface area contributed by atoms with Crippen LogP contribution in [0.3, 0.4) is 0 Å². The molecule has 2 saturated heterocycles. The molecule has 5 rings (SSSR count). The maximum atomic E-state index is 15.3. The van der Waals surface area contributed by atoms with Crippen molar-refractivity contribution in [2.45, 2.75) is 13.3 Å². The van der Waals surface area contributed by atoms with Gasteiger partial charge in [0.25, 0.3) is 0 Å². The van der Waals surface area contributed by atoms with Crippen molar-refractivity contribution in [2.24, 2.45) is 12.5 Å². The molecule has 0 aliphatic carbocycles. The number of nitriles is 1. The van der Waals surface area contributed by atoms with E-state index in [0.29, 0.717) is 29.8 Å². The van der Waals surface area contributed by atoms with Crippen LogP contribution in [0.1, 0.15) is 17.5 Å². The number of nitrogens with zero attached hydrogens (tertiary/aromatic N) is 5. The highest BCUT2D eigenvalue weighted by molar-refractivity contribution is 5.98. The molecule has 0 N–H and O–H groups in total. The number of carbonyl (C=O) groups is 1. The van der Waals surface area contributed by atoms with Crippen LogP contribution in [0, 0.1) is 29.5 Å². The molecule has 162 valence electrons. The lowest BCUT2D eigenvalue weighted by molar-refractivity contribution is -0.136. The molecule has 2 aliphatic heterocycles. The first kappa shape index (κ1) is 20.3. The SMILES string of the molecule is C=CC(=O)N1CC2(CCN(c3ccc(F)c(-c4c(C)ccc5cnn(C)c45)c3C#N)C2)C1. The molecule has 2 aliphatic rings. The van der Waals surface area contributed by atoms with Crippen LogP contribution in [-0.2, 0) is 11.8 Å². The predicted octanol–water partition coefficient (Wildman–Crippen LogP) is 3.78. The van der Waals surface area contributed by atoms with Crippen molar-refractivity contribution in [3.8, 4) is 17.2 Å². The summed E-state index contributed by atoms with van der Waals surface area (Å²) in [6.07, 6.45) is 4.03. The van der Waals surface area contributed by atoms with E-state index in [1.807, 2.05) is 26.1 Å². The summed E-state index contributed by atoms with van der Waals surface area (Å²) in [4.78, 5) is 15.8. The van der Waals surface area contributed by atoms with E-state index < -0.39 is 5.82 Å². The van der Waals surface area contributed by atoms with Crippen LogP contribution in [-0.4, -0.2) is 46.8 Å². The van der Waals surface area contributed by atoms with E-state index in [9.17, 15) is 10.1 Å². The van der Waals surface area contributed by atoms with E-state index in [-0.39, 0.29) is 11.3 Å². The largest absolute Gasteiger partial charge is 0.370 e. The number of hydrogen-bond acceptors (Lipinski definition) is 4. The van der Waals surface area contributed by atoms with Crippen LogP contribution in [0.15, 0.2) is 43.1 Å². The Balaban J connectivity index is 1.57. The molecular weight excluding hydrogens is 405 g/mol. The van der Waals surface area contributed by atoms with Crippen LogP contribution >= 0.6 is 0 Å². The number of anilines is 1. The molecule has 7 heteroatoms. The second kappa shape index (κ2) is 7.20. The van der Waals surface area contributed by atoms with Gasteiger partial charge in [-0.1, -0.05) is 18.7 Å². The minimum Gasteiger partial charge on any atom is -0.370 e. The van der Waals surface area contributed by atoms with Gasteiger partial charge in [-0.15, -0.1) is 0 Å². The molecule has 1 amide bonds. The van der Waals surface area contributed by atoms with Gasteiger partial charge in [0.1, 0.15) is 11.9 Å². The zero-order valence-corrected chi connectivity index (χ0v) is 18.2. The number of aryl methyl sites for hydroxylation is 2. The predicted molar refractivity (Wildman–Crippen MR) is 122 cm³/mol. The first-order chi connectivity index (χ1) is 15.4. The molecular formula is C25H24FN5O. The van der Waals surface area contributed by atoms with Gasteiger partial charge in [-0.2, -0.15) is 10.4 Å². The van der Waals surface area contributed by atoms with Crippen molar-refractivity contribution in [1.82, 2.24) is 14.7 Å². The minimum absolute atomic E-state index is 0.0257. The second-order valence-corrected chi connectivity index (χ2v) is 8.96. The summed E-state index contributed by atoms with van der Waals surface area (Å²) in [6, 6.07) is 9.37. The van der Waals surface area contributed by atoms with Crippen molar-refractivity contribution in [2.75, 3.05) is 31.1 Å². The Labute approximate surface area is 186 Å². The molecule has 1 aromatic heterocycles. The Hall–Kier alpha value is -3.66. The topological polar surface area (TPSA) is 65.2 Å². The summed E-state index contributed by atoms with van der Waals surface area (Å²) in [5.41, 5.74) is 3.85. The Bertz CT molecular complexity index is 1310. The van der Waals surface area contributed by atoms with Gasteiger partial charge in [0.05, 0.1) is 23.0 Å². The Morgan fingerprint density at radius 3 is 2.75 bits per heavy atom. The zero-order valence-electron chi connectivity index (χ0n) is 18.2. The van der Waals surface area contributed by atoms with E-state index in [0.717, 1.165) is 41.7 Å². The molecule has 3 aromatic rings. The van der Waals surface area contributed by atoms with Gasteiger partial charge >= 0.3 is 0 Å². The number of halogens is 1. The number of aromatic nitrogens is 2. The second-order valence-electron chi connectivity index (χ2n) is 8.96. The average Bonchev–Trinajstić information content (AvgIpc) is 3.37. The Morgan fingerprint density at radius 1 is 1.25 bits per heavy atom. The van der Waals surface area contributed by atoms with Gasteiger partial charge in [-0.25, -0.2) is 4.39 Å². The molecule has 0 radical (unpaired) electrons. The highest BCUT2D eigenvalue weighted by Crippen LogP contribution is 2.44. The van der Waals surface area contributed by atoms with Crippen LogP contribution in [0.4, 0.5) is 10.1 Å². The highest BCUT2D eigenvalue weighted by atomic mass is 19.1. The molecule has 2 fully saturated rings. The smallest absolute Gasteiger partial charge is 0.245 e. The lowest BCUT2D eigenvalue weighted by atomic mass is 9.79. The number of likely N-dealkylation sites (tertiary alicyclic amines) is 1. The third kappa shape index (κ3) is 2.90. The maximum absolute atomic E-state index is 15.3. The summed E-state index contributed by atoms with van der Waals surface area (Å²) in [6.45, 7) is 8.38. The van der Waals surface area contributed by atoms with Crippen molar-refractivity contribution in [3.63, 3.8) is 0 Å². The van der Waals surface area contributed by atoms with Crippen molar-refractivity contribution in [1.29, 1.82) is 5.26 Å². The number of hydrogen-bond donors (Lipinski definition) is 0. The third-order valence-corrected chi connectivity index (χ3v) is 6.92. The summed E-state index contributed by atoms with van der Waals surface area (Å²) < 4.78 is 17.0. The number of benzene rings is 2.